The van der Waals surface area contributed by atoms with Crippen LogP contribution in [0.25, 0.3) is 0 Å². The fourth-order valence-corrected chi connectivity index (χ4v) is 7.12. The fourth-order valence-electron chi connectivity index (χ4n) is 7.12. The zero-order chi connectivity index (χ0) is 31.9. The summed E-state index contributed by atoms with van der Waals surface area (Å²) in [5.41, 5.74) is -1.08. The summed E-state index contributed by atoms with van der Waals surface area (Å²) >= 11 is 0. The van der Waals surface area contributed by atoms with Crippen molar-refractivity contribution in [3.63, 3.8) is 0 Å². The predicted octanol–water partition coefficient (Wildman–Crippen LogP) is 5.23. The van der Waals surface area contributed by atoms with Gasteiger partial charge < -0.3 is 24.4 Å². The van der Waals surface area contributed by atoms with E-state index in [4.69, 9.17) is 18.9 Å². The lowest BCUT2D eigenvalue weighted by molar-refractivity contribution is -0.276. The van der Waals surface area contributed by atoms with Gasteiger partial charge in [0.15, 0.2) is 0 Å². The van der Waals surface area contributed by atoms with Crippen molar-refractivity contribution in [3.8, 4) is 0 Å². The van der Waals surface area contributed by atoms with E-state index < -0.39 is 71.5 Å². The van der Waals surface area contributed by atoms with Gasteiger partial charge in [0.2, 0.25) is 12.6 Å². The Hall–Kier alpha value is -3.01. The molecule has 9 heteroatoms. The fraction of sp³-hybridized carbons (Fsp3) is 0.618. The second-order valence-electron chi connectivity index (χ2n) is 12.2. The summed E-state index contributed by atoms with van der Waals surface area (Å²) in [6.45, 7) is 16.4. The molecular weight excluding hydrogens is 552 g/mol. The summed E-state index contributed by atoms with van der Waals surface area (Å²) in [7, 11) is 0. The lowest BCUT2D eigenvalue weighted by Gasteiger charge is -2.62. The number of aliphatic hydroxyl groups excluding tert-OH is 2. The summed E-state index contributed by atoms with van der Waals surface area (Å²) in [6.07, 6.45) is 9.32. The van der Waals surface area contributed by atoms with Gasteiger partial charge in [0, 0.05) is 31.4 Å². The molecule has 1 aliphatic heterocycles. The summed E-state index contributed by atoms with van der Waals surface area (Å²) in [6, 6.07) is 0. The van der Waals surface area contributed by atoms with Gasteiger partial charge in [-0.15, -0.1) is 0 Å². The second kappa shape index (κ2) is 14.6. The number of unbranched alkanes of at least 4 members (excludes halogenated alkanes) is 3. The molecule has 9 atom stereocenters. The Morgan fingerprint density at radius 3 is 2.44 bits per heavy atom. The van der Waals surface area contributed by atoms with E-state index in [1.165, 1.54) is 26.0 Å². The van der Waals surface area contributed by atoms with E-state index in [9.17, 15) is 24.6 Å². The molecule has 0 bridgehead atoms. The quantitative estimate of drug-likeness (QED) is 0.0729. The lowest BCUT2D eigenvalue weighted by atomic mass is 9.44. The Morgan fingerprint density at radius 1 is 1.12 bits per heavy atom. The first-order chi connectivity index (χ1) is 20.3. The number of rotatable bonds is 13. The van der Waals surface area contributed by atoms with Crippen LogP contribution in [0.1, 0.15) is 79.6 Å². The highest BCUT2D eigenvalue weighted by molar-refractivity contribution is 5.82. The summed E-state index contributed by atoms with van der Waals surface area (Å²) in [5.74, 6) is -2.89. The van der Waals surface area contributed by atoms with E-state index in [0.29, 0.717) is 12.8 Å². The van der Waals surface area contributed by atoms with Crippen LogP contribution in [0.2, 0.25) is 0 Å². The molecule has 238 valence electrons. The molecule has 3 rings (SSSR count). The van der Waals surface area contributed by atoms with E-state index >= 15 is 0 Å². The highest BCUT2D eigenvalue weighted by Gasteiger charge is 2.74. The smallest absolute Gasteiger partial charge is 0.331 e. The average molecular weight is 601 g/mol. The van der Waals surface area contributed by atoms with Crippen LogP contribution in [0.5, 0.6) is 0 Å². The molecule has 2 N–H and O–H groups in total. The largest absolute Gasteiger partial charge is 0.456 e. The molecule has 0 radical (unpaired) electrons. The minimum atomic E-state index is -1.48. The van der Waals surface area contributed by atoms with Crippen molar-refractivity contribution in [1.29, 1.82) is 0 Å². The summed E-state index contributed by atoms with van der Waals surface area (Å²) in [5, 5.41) is 23.3. The number of ether oxygens (including phenoxy) is 4. The van der Waals surface area contributed by atoms with Gasteiger partial charge in [0.25, 0.3) is 0 Å². The predicted molar refractivity (Wildman–Crippen MR) is 161 cm³/mol. The number of hydrogen-bond acceptors (Lipinski definition) is 9. The number of aliphatic hydroxyl groups is 2. The van der Waals surface area contributed by atoms with Crippen molar-refractivity contribution in [2.24, 2.45) is 22.7 Å². The van der Waals surface area contributed by atoms with E-state index in [2.05, 4.69) is 20.1 Å². The van der Waals surface area contributed by atoms with Gasteiger partial charge in [-0.1, -0.05) is 76.6 Å². The Morgan fingerprint density at radius 2 is 1.81 bits per heavy atom. The Kier molecular flexibility index (Phi) is 11.7. The van der Waals surface area contributed by atoms with Gasteiger partial charge >= 0.3 is 17.9 Å². The minimum Gasteiger partial charge on any atom is -0.456 e. The third kappa shape index (κ3) is 7.21. The van der Waals surface area contributed by atoms with Crippen LogP contribution >= 0.6 is 0 Å². The van der Waals surface area contributed by atoms with Crippen molar-refractivity contribution in [3.05, 3.63) is 60.8 Å². The Labute approximate surface area is 255 Å². The molecule has 9 nitrogen and oxygen atoms in total. The molecule has 0 amide bonds. The first kappa shape index (κ1) is 34.5. The monoisotopic (exact) mass is 600 g/mol. The minimum absolute atomic E-state index is 0.208. The van der Waals surface area contributed by atoms with Crippen LogP contribution in [0, 0.1) is 22.7 Å². The first-order valence-electron chi connectivity index (χ1n) is 15.2. The second-order valence-corrected chi connectivity index (χ2v) is 12.2. The average Bonchev–Trinajstić information content (AvgIpc) is 3.23. The van der Waals surface area contributed by atoms with Crippen LogP contribution in [-0.2, 0) is 33.3 Å². The maximum Gasteiger partial charge on any atom is 0.331 e. The molecule has 1 heterocycles. The highest BCUT2D eigenvalue weighted by atomic mass is 16.8. The molecule has 3 aliphatic rings. The number of carbonyl (C=O) groups is 3. The summed E-state index contributed by atoms with van der Waals surface area (Å²) < 4.78 is 23.2. The van der Waals surface area contributed by atoms with E-state index in [-0.39, 0.29) is 12.0 Å². The molecule has 1 saturated heterocycles. The molecule has 2 aliphatic carbocycles. The van der Waals surface area contributed by atoms with E-state index in [1.807, 2.05) is 19.9 Å². The lowest BCUT2D eigenvalue weighted by Crippen LogP contribution is -2.68. The standard InChI is InChI=1S/C34H48O9/c1-8-10-11-12-13-14-15-16-28(38)42-29-22(4)33(7,18-17-21(3)9-2)27-20-25(37)19-26-31(40-23(5)35)43-32(41-24(6)36)34(26,27)30(29)39/h9,13-16,19,22,25,27,29-32,37,39H,2-3,8,10-12,17-18,20H2,1,4-7H3/b14-13-,16-15?/t22-,25+,27+,29-,30+,31+,32+,33-,34-/m1/s1. The molecule has 1 spiro atoms. The third-order valence-electron chi connectivity index (χ3n) is 9.47. The topological polar surface area (TPSA) is 129 Å². The molecule has 0 unspecified atom stereocenters. The van der Waals surface area contributed by atoms with Crippen LogP contribution in [-0.4, -0.2) is 59.0 Å². The van der Waals surface area contributed by atoms with E-state index in [1.54, 1.807) is 18.2 Å². The molecule has 0 aromatic heterocycles. The van der Waals surface area contributed by atoms with Crippen molar-refractivity contribution in [1.82, 2.24) is 0 Å². The van der Waals surface area contributed by atoms with Gasteiger partial charge in [0.05, 0.1) is 11.5 Å². The van der Waals surface area contributed by atoms with Crippen LogP contribution in [0.4, 0.5) is 0 Å². The number of esters is 3. The van der Waals surface area contributed by atoms with Gasteiger partial charge in [0.1, 0.15) is 12.2 Å². The zero-order valence-electron chi connectivity index (χ0n) is 26.1. The molecular formula is C34H48O9. The van der Waals surface area contributed by atoms with Crippen LogP contribution in [0.15, 0.2) is 60.8 Å². The van der Waals surface area contributed by atoms with Crippen molar-refractivity contribution < 1.29 is 43.5 Å². The van der Waals surface area contributed by atoms with Gasteiger partial charge in [-0.25, -0.2) is 4.79 Å². The maximum atomic E-state index is 13.1. The van der Waals surface area contributed by atoms with Gasteiger partial charge in [-0.05, 0) is 49.5 Å². The maximum absolute atomic E-state index is 13.1. The molecule has 1 saturated carbocycles. The molecule has 43 heavy (non-hydrogen) atoms. The van der Waals surface area contributed by atoms with Crippen molar-refractivity contribution in [2.45, 2.75) is 110 Å². The van der Waals surface area contributed by atoms with Crippen LogP contribution < -0.4 is 0 Å². The normalized spacial score (nSPS) is 35.1. The zero-order valence-corrected chi connectivity index (χ0v) is 26.1. The van der Waals surface area contributed by atoms with Gasteiger partial charge in [-0.2, -0.15) is 0 Å². The van der Waals surface area contributed by atoms with Crippen LogP contribution in [0.3, 0.4) is 0 Å². The number of hydrogen-bond donors (Lipinski definition) is 2. The Balaban J connectivity index is 2.09. The Bertz CT molecular complexity index is 1150. The highest BCUT2D eigenvalue weighted by Crippen LogP contribution is 2.67. The molecule has 0 aromatic carbocycles. The summed E-state index contributed by atoms with van der Waals surface area (Å²) in [4.78, 5) is 37.5. The first-order valence-corrected chi connectivity index (χ1v) is 15.2. The van der Waals surface area contributed by atoms with Crippen molar-refractivity contribution in [2.75, 3.05) is 0 Å². The third-order valence-corrected chi connectivity index (χ3v) is 9.47. The SMILES string of the molecule is C=CC(=C)CC[C@]1(C)[C@H](C)[C@@H](OC(=O)C=C/C=C\CCCCC)[C@H](O)[C@@]23C(=C[C@H](O)C[C@@H]12)[C@@H](OC(C)=O)O[C@@H]3OC(C)=O. The van der Waals surface area contributed by atoms with Gasteiger partial charge in [-0.3, -0.25) is 14.3 Å². The molecule has 0 aromatic rings. The van der Waals surface area contributed by atoms with Crippen molar-refractivity contribution >= 4 is 17.9 Å². The van der Waals surface area contributed by atoms with E-state index in [0.717, 1.165) is 31.3 Å². The molecule has 2 fully saturated rings. The number of allylic oxidation sites excluding steroid dienone is 5. The number of carbonyl (C=O) groups excluding carboxylic acids is 3.